The molecule has 2 heterocycles. The summed E-state index contributed by atoms with van der Waals surface area (Å²) < 4.78 is 28.6. The van der Waals surface area contributed by atoms with E-state index >= 15 is 0 Å². The summed E-state index contributed by atoms with van der Waals surface area (Å²) in [6, 6.07) is 18.1. The Morgan fingerprint density at radius 3 is 2.10 bits per heavy atom. The van der Waals surface area contributed by atoms with Crippen LogP contribution >= 0.6 is 0 Å². The molecule has 160 valence electrons. The van der Waals surface area contributed by atoms with Crippen molar-refractivity contribution in [1.29, 1.82) is 0 Å². The van der Waals surface area contributed by atoms with Crippen LogP contribution in [0.15, 0.2) is 65.6 Å². The highest BCUT2D eigenvalue weighted by molar-refractivity contribution is 7.89. The Kier molecular flexibility index (Phi) is 6.22. The van der Waals surface area contributed by atoms with E-state index in [9.17, 15) is 13.2 Å². The molecule has 2 fully saturated rings. The number of carbonyl (C=O) groups excluding carboxylic acids is 1. The van der Waals surface area contributed by atoms with Gasteiger partial charge in [0.15, 0.2) is 0 Å². The average molecular weight is 428 g/mol. The number of rotatable bonds is 4. The molecule has 0 spiro atoms. The second-order valence-electron chi connectivity index (χ2n) is 8.25. The average Bonchev–Trinajstić information content (AvgIpc) is 2.80. The van der Waals surface area contributed by atoms with E-state index in [0.717, 1.165) is 18.4 Å². The Bertz CT molecular complexity index is 958. The Labute approximate surface area is 178 Å². The van der Waals surface area contributed by atoms with Gasteiger partial charge in [-0.15, -0.1) is 0 Å². The quantitative estimate of drug-likeness (QED) is 0.813. The van der Waals surface area contributed by atoms with Crippen molar-refractivity contribution in [3.63, 3.8) is 0 Å². The Balaban J connectivity index is 1.62. The Hall–Kier alpha value is -2.22. The van der Waals surface area contributed by atoms with Crippen LogP contribution in [0.5, 0.6) is 0 Å². The topological polar surface area (TPSA) is 83.7 Å². The van der Waals surface area contributed by atoms with E-state index in [1.165, 1.54) is 0 Å². The zero-order chi connectivity index (χ0) is 21.1. The third-order valence-electron chi connectivity index (χ3n) is 6.27. The van der Waals surface area contributed by atoms with Crippen molar-refractivity contribution < 1.29 is 13.2 Å². The highest BCUT2D eigenvalue weighted by atomic mass is 32.2. The predicted octanol–water partition coefficient (Wildman–Crippen LogP) is 2.78. The van der Waals surface area contributed by atoms with Crippen LogP contribution in [-0.2, 0) is 14.8 Å². The van der Waals surface area contributed by atoms with Gasteiger partial charge < -0.3 is 10.6 Å². The first-order chi connectivity index (χ1) is 14.5. The van der Waals surface area contributed by atoms with Gasteiger partial charge in [0.25, 0.3) is 0 Å². The fourth-order valence-corrected chi connectivity index (χ4v) is 6.23. The molecule has 2 saturated heterocycles. The van der Waals surface area contributed by atoms with Crippen molar-refractivity contribution in [2.75, 3.05) is 19.6 Å². The number of amides is 1. The lowest BCUT2D eigenvalue weighted by Crippen LogP contribution is -2.50. The molecular formula is C23H29N3O3S. The summed E-state index contributed by atoms with van der Waals surface area (Å²) in [4.78, 5) is 15.3. The van der Waals surface area contributed by atoms with Crippen molar-refractivity contribution in [1.82, 2.24) is 9.21 Å². The molecule has 0 saturated carbocycles. The van der Waals surface area contributed by atoms with E-state index in [0.29, 0.717) is 25.9 Å². The second kappa shape index (κ2) is 8.88. The number of benzene rings is 2. The van der Waals surface area contributed by atoms with Crippen molar-refractivity contribution in [3.05, 3.63) is 66.2 Å². The van der Waals surface area contributed by atoms with E-state index in [-0.39, 0.29) is 35.3 Å². The molecule has 0 aromatic heterocycles. The number of hydrogen-bond acceptors (Lipinski definition) is 4. The van der Waals surface area contributed by atoms with E-state index in [1.54, 1.807) is 34.6 Å². The lowest BCUT2D eigenvalue weighted by atomic mass is 9.89. The van der Waals surface area contributed by atoms with Crippen LogP contribution in [0.3, 0.4) is 0 Å². The second-order valence-corrected chi connectivity index (χ2v) is 10.1. The van der Waals surface area contributed by atoms with Gasteiger partial charge in [0, 0.05) is 25.7 Å². The van der Waals surface area contributed by atoms with Gasteiger partial charge in [0.05, 0.1) is 16.9 Å². The van der Waals surface area contributed by atoms with Crippen LogP contribution in [0.1, 0.15) is 37.3 Å². The molecule has 2 aromatic carbocycles. The summed E-state index contributed by atoms with van der Waals surface area (Å²) in [6.07, 6.45) is 2.91. The molecule has 4 rings (SSSR count). The normalized spacial score (nSPS) is 24.0. The zero-order valence-electron chi connectivity index (χ0n) is 17.1. The number of sulfonamides is 1. The summed E-state index contributed by atoms with van der Waals surface area (Å²) in [5.41, 5.74) is 6.94. The molecular weight excluding hydrogens is 398 g/mol. The molecule has 6 nitrogen and oxygen atoms in total. The van der Waals surface area contributed by atoms with Crippen molar-refractivity contribution in [3.8, 4) is 0 Å². The fraction of sp³-hybridized carbons (Fsp3) is 0.435. The molecule has 2 aliphatic heterocycles. The zero-order valence-corrected chi connectivity index (χ0v) is 17.9. The molecule has 2 aromatic rings. The maximum atomic E-state index is 13.5. The number of piperidine rings is 2. The molecule has 0 bridgehead atoms. The smallest absolute Gasteiger partial charge is 0.243 e. The molecule has 2 N–H and O–H groups in total. The van der Waals surface area contributed by atoms with Crippen molar-refractivity contribution in [2.24, 2.45) is 11.7 Å². The number of hydrogen-bond donors (Lipinski definition) is 1. The fourth-order valence-electron chi connectivity index (χ4n) is 4.52. The van der Waals surface area contributed by atoms with E-state index < -0.39 is 10.0 Å². The summed E-state index contributed by atoms with van der Waals surface area (Å²) >= 11 is 0. The highest BCUT2D eigenvalue weighted by Gasteiger charge is 2.41. The largest absolute Gasteiger partial charge is 0.342 e. The summed E-state index contributed by atoms with van der Waals surface area (Å²) in [6.45, 7) is 1.52. The molecule has 2 atom stereocenters. The van der Waals surface area contributed by atoms with Gasteiger partial charge in [0.1, 0.15) is 0 Å². The molecule has 0 aliphatic carbocycles. The Morgan fingerprint density at radius 2 is 1.47 bits per heavy atom. The first-order valence-electron chi connectivity index (χ1n) is 10.6. The first kappa shape index (κ1) is 21.0. The van der Waals surface area contributed by atoms with Gasteiger partial charge in [-0.3, -0.25) is 4.79 Å². The molecule has 1 amide bonds. The lowest BCUT2D eigenvalue weighted by molar-refractivity contribution is -0.138. The van der Waals surface area contributed by atoms with E-state index in [2.05, 4.69) is 0 Å². The SMILES string of the molecule is NC1CCN(C(=O)[C@@H]2CC[C@H](c3ccccc3)N(S(=O)(=O)c3ccccc3)C2)CC1. The summed E-state index contributed by atoms with van der Waals surface area (Å²) in [7, 11) is -3.72. The standard InChI is InChI=1S/C23H29N3O3S/c24-20-13-15-25(16-14-20)23(27)19-11-12-22(18-7-3-1-4-8-18)26(17-19)30(28,29)21-9-5-2-6-10-21/h1-10,19-20,22H,11-17,24H2/t19-,22-/m1/s1. The van der Waals surface area contributed by atoms with Crippen LogP contribution in [0.2, 0.25) is 0 Å². The van der Waals surface area contributed by atoms with Gasteiger partial charge in [-0.25, -0.2) is 8.42 Å². The Morgan fingerprint density at radius 1 is 0.867 bits per heavy atom. The minimum absolute atomic E-state index is 0.0571. The first-order valence-corrected chi connectivity index (χ1v) is 12.1. The number of nitrogens with two attached hydrogens (primary N) is 1. The van der Waals surface area contributed by atoms with Crippen molar-refractivity contribution >= 4 is 15.9 Å². The van der Waals surface area contributed by atoms with Gasteiger partial charge >= 0.3 is 0 Å². The van der Waals surface area contributed by atoms with Crippen LogP contribution in [0, 0.1) is 5.92 Å². The number of carbonyl (C=O) groups is 1. The third kappa shape index (κ3) is 4.29. The van der Waals surface area contributed by atoms with Crippen LogP contribution in [-0.4, -0.2) is 49.2 Å². The minimum atomic E-state index is -3.72. The number of nitrogens with zero attached hydrogens (tertiary/aromatic N) is 2. The van der Waals surface area contributed by atoms with Crippen molar-refractivity contribution in [2.45, 2.75) is 42.7 Å². The predicted molar refractivity (Wildman–Crippen MR) is 116 cm³/mol. The summed E-state index contributed by atoms with van der Waals surface area (Å²) in [5, 5.41) is 0. The molecule has 0 unspecified atom stereocenters. The van der Waals surface area contributed by atoms with Gasteiger partial charge in [-0.2, -0.15) is 4.31 Å². The van der Waals surface area contributed by atoms with E-state index in [1.807, 2.05) is 35.2 Å². The molecule has 0 radical (unpaired) electrons. The molecule has 7 heteroatoms. The van der Waals surface area contributed by atoms with Crippen LogP contribution < -0.4 is 5.73 Å². The third-order valence-corrected chi connectivity index (χ3v) is 8.16. The summed E-state index contributed by atoms with van der Waals surface area (Å²) in [5.74, 6) is -0.264. The van der Waals surface area contributed by atoms with Crippen LogP contribution in [0.4, 0.5) is 0 Å². The number of likely N-dealkylation sites (tertiary alicyclic amines) is 1. The van der Waals surface area contributed by atoms with Gasteiger partial charge in [-0.05, 0) is 43.4 Å². The van der Waals surface area contributed by atoms with Gasteiger partial charge in [0.2, 0.25) is 15.9 Å². The maximum absolute atomic E-state index is 13.5. The maximum Gasteiger partial charge on any atom is 0.243 e. The minimum Gasteiger partial charge on any atom is -0.342 e. The molecule has 30 heavy (non-hydrogen) atoms. The highest BCUT2D eigenvalue weighted by Crippen LogP contribution is 2.38. The molecule has 2 aliphatic rings. The van der Waals surface area contributed by atoms with Gasteiger partial charge in [-0.1, -0.05) is 48.5 Å². The van der Waals surface area contributed by atoms with E-state index in [4.69, 9.17) is 5.73 Å². The monoisotopic (exact) mass is 427 g/mol. The van der Waals surface area contributed by atoms with Crippen LogP contribution in [0.25, 0.3) is 0 Å². The lowest BCUT2D eigenvalue weighted by Gasteiger charge is -2.40.